The molecule has 0 saturated carbocycles. The van der Waals surface area contributed by atoms with E-state index in [1.807, 2.05) is 24.3 Å². The fourth-order valence-corrected chi connectivity index (χ4v) is 6.23. The summed E-state index contributed by atoms with van der Waals surface area (Å²) in [7, 11) is -2.15. The van der Waals surface area contributed by atoms with Gasteiger partial charge in [-0.05, 0) is 90.6 Å². The highest BCUT2D eigenvalue weighted by molar-refractivity contribution is 6.74. The molecule has 46 heavy (non-hydrogen) atoms. The summed E-state index contributed by atoms with van der Waals surface area (Å²) in [5.41, 5.74) is 3.44. The number of aromatic hydroxyl groups is 1. The summed E-state index contributed by atoms with van der Waals surface area (Å²) in [6.45, 7) is 13.4. The van der Waals surface area contributed by atoms with E-state index in [-0.39, 0.29) is 42.0 Å². The first-order valence-corrected chi connectivity index (χ1v) is 18.3. The summed E-state index contributed by atoms with van der Waals surface area (Å²) in [6.07, 6.45) is -3.95. The number of aliphatic hydroxyl groups excluding tert-OH is 1. The Labute approximate surface area is 269 Å². The maximum atomic E-state index is 12.8. The molecule has 1 amide bonds. The van der Waals surface area contributed by atoms with E-state index < -0.39 is 20.1 Å². The van der Waals surface area contributed by atoms with E-state index in [1.165, 1.54) is 12.1 Å². The molecule has 11 heteroatoms. The van der Waals surface area contributed by atoms with Gasteiger partial charge < -0.3 is 30.3 Å². The third kappa shape index (κ3) is 8.78. The lowest BCUT2D eigenvalue weighted by molar-refractivity contribution is -0.137. The highest BCUT2D eigenvalue weighted by atomic mass is 28.4. The number of hydrogen-bond acceptors (Lipinski definition) is 5. The maximum absolute atomic E-state index is 12.8. The average Bonchev–Trinajstić information content (AvgIpc) is 3.41. The topological polar surface area (TPSA) is 107 Å². The standard InChI is InChI=1S/C35H44F3N3O4Si/c1-22(39-20-32(45-46(5,6)34(2,3)4)25-10-14-31(43)27(17-25)21-42)15-24-9-13-29-26(16-24)18-30(41-29)33(44)40-19-23-7-11-28(12-8-23)35(36,37)38/h7-14,16-18,22,32,39,41-43H,15,19-21H2,1-6H3,(H,40,44)/t22-,32-/m1/s1. The molecule has 7 nitrogen and oxygen atoms in total. The van der Waals surface area contributed by atoms with Crippen molar-refractivity contribution >= 4 is 25.1 Å². The number of carbonyl (C=O) groups excluding carboxylic acids is 1. The van der Waals surface area contributed by atoms with Gasteiger partial charge in [0.05, 0.1) is 18.3 Å². The zero-order valence-corrected chi connectivity index (χ0v) is 28.2. The number of hydrogen-bond donors (Lipinski definition) is 5. The first-order valence-electron chi connectivity index (χ1n) is 15.4. The van der Waals surface area contributed by atoms with Crippen LogP contribution < -0.4 is 10.6 Å². The number of phenols is 1. The van der Waals surface area contributed by atoms with Crippen LogP contribution in [0.4, 0.5) is 13.2 Å². The normalized spacial score (nSPS) is 14.0. The second-order valence-electron chi connectivity index (χ2n) is 13.4. The minimum atomic E-state index is -4.40. The van der Waals surface area contributed by atoms with Crippen molar-refractivity contribution in [3.63, 3.8) is 0 Å². The van der Waals surface area contributed by atoms with Crippen molar-refractivity contribution < 1.29 is 32.6 Å². The minimum absolute atomic E-state index is 0.00245. The molecule has 1 heterocycles. The van der Waals surface area contributed by atoms with Crippen LogP contribution in [0.2, 0.25) is 18.1 Å². The number of benzene rings is 3. The van der Waals surface area contributed by atoms with Crippen molar-refractivity contribution in [3.8, 4) is 5.75 Å². The van der Waals surface area contributed by atoms with E-state index in [0.29, 0.717) is 23.4 Å². The fraction of sp³-hybridized carbons (Fsp3) is 0.400. The molecule has 1 aromatic heterocycles. The van der Waals surface area contributed by atoms with E-state index >= 15 is 0 Å². The van der Waals surface area contributed by atoms with Crippen LogP contribution in [0.25, 0.3) is 10.9 Å². The van der Waals surface area contributed by atoms with Crippen molar-refractivity contribution in [1.29, 1.82) is 0 Å². The Hall–Kier alpha value is -3.64. The van der Waals surface area contributed by atoms with E-state index in [1.54, 1.807) is 18.2 Å². The van der Waals surface area contributed by atoms with Gasteiger partial charge in [-0.15, -0.1) is 0 Å². The second-order valence-corrected chi connectivity index (χ2v) is 18.2. The highest BCUT2D eigenvalue weighted by Crippen LogP contribution is 2.40. The number of H-pyrrole nitrogens is 1. The largest absolute Gasteiger partial charge is 0.508 e. The molecule has 0 aliphatic carbocycles. The van der Waals surface area contributed by atoms with Crippen molar-refractivity contribution in [2.24, 2.45) is 0 Å². The molecule has 0 spiro atoms. The van der Waals surface area contributed by atoms with Crippen molar-refractivity contribution in [3.05, 3.63) is 100 Å². The van der Waals surface area contributed by atoms with Crippen LogP contribution in [0.3, 0.4) is 0 Å². The average molecular weight is 656 g/mol. The molecule has 2 atom stereocenters. The zero-order chi connectivity index (χ0) is 33.9. The third-order valence-electron chi connectivity index (χ3n) is 8.75. The lowest BCUT2D eigenvalue weighted by atomic mass is 10.0. The van der Waals surface area contributed by atoms with Crippen LogP contribution in [0.5, 0.6) is 5.75 Å². The summed E-state index contributed by atoms with van der Waals surface area (Å²) in [4.78, 5) is 15.9. The van der Waals surface area contributed by atoms with Gasteiger partial charge in [0.2, 0.25) is 0 Å². The van der Waals surface area contributed by atoms with Crippen LogP contribution in [0.15, 0.2) is 66.7 Å². The summed E-state index contributed by atoms with van der Waals surface area (Å²) >= 11 is 0. The molecule has 3 aromatic carbocycles. The van der Waals surface area contributed by atoms with Gasteiger partial charge in [-0.3, -0.25) is 4.79 Å². The van der Waals surface area contributed by atoms with Crippen LogP contribution in [-0.4, -0.2) is 42.0 Å². The number of nitrogens with one attached hydrogen (secondary N) is 3. The Morgan fingerprint density at radius 1 is 0.978 bits per heavy atom. The van der Waals surface area contributed by atoms with Crippen LogP contribution in [0, 0.1) is 0 Å². The number of rotatable bonds is 12. The molecule has 0 radical (unpaired) electrons. The van der Waals surface area contributed by atoms with Gasteiger partial charge in [-0.1, -0.05) is 45.0 Å². The van der Waals surface area contributed by atoms with Gasteiger partial charge in [-0.2, -0.15) is 13.2 Å². The number of alkyl halides is 3. The molecule has 0 bridgehead atoms. The number of carbonyl (C=O) groups is 1. The van der Waals surface area contributed by atoms with Crippen molar-refractivity contribution in [1.82, 2.24) is 15.6 Å². The SMILES string of the molecule is C[C@H](Cc1ccc2[nH]c(C(=O)NCc3ccc(C(F)(F)F)cc3)cc2c1)NC[C@@H](O[Si](C)(C)C(C)(C)C)c1ccc(O)c(CO)c1. The molecule has 0 saturated heterocycles. The Morgan fingerprint density at radius 3 is 2.28 bits per heavy atom. The summed E-state index contributed by atoms with van der Waals surface area (Å²) in [5, 5.41) is 27.1. The van der Waals surface area contributed by atoms with E-state index in [4.69, 9.17) is 4.43 Å². The Balaban J connectivity index is 1.40. The Morgan fingerprint density at radius 2 is 1.65 bits per heavy atom. The lowest BCUT2D eigenvalue weighted by Gasteiger charge is -2.40. The third-order valence-corrected chi connectivity index (χ3v) is 13.2. The fourth-order valence-electron chi connectivity index (χ4n) is 4.95. The summed E-state index contributed by atoms with van der Waals surface area (Å²) in [5.74, 6) is -0.294. The van der Waals surface area contributed by atoms with Crippen molar-refractivity contribution in [2.75, 3.05) is 6.54 Å². The molecule has 5 N–H and O–H groups in total. The van der Waals surface area contributed by atoms with Gasteiger partial charge in [0, 0.05) is 35.6 Å². The van der Waals surface area contributed by atoms with Gasteiger partial charge >= 0.3 is 6.18 Å². The molecule has 248 valence electrons. The highest BCUT2D eigenvalue weighted by Gasteiger charge is 2.39. The second kappa shape index (κ2) is 14.0. The Bertz CT molecular complexity index is 1650. The van der Waals surface area contributed by atoms with Gasteiger partial charge in [0.1, 0.15) is 11.4 Å². The monoisotopic (exact) mass is 655 g/mol. The number of aromatic amines is 1. The molecule has 0 unspecified atom stereocenters. The van der Waals surface area contributed by atoms with Crippen LogP contribution in [0.1, 0.15) is 72.1 Å². The molecular formula is C35H44F3N3O4Si. The number of aromatic nitrogens is 1. The molecule has 4 rings (SSSR count). The van der Waals surface area contributed by atoms with Gasteiger partial charge in [0.25, 0.3) is 5.91 Å². The van der Waals surface area contributed by atoms with E-state index in [2.05, 4.69) is 56.4 Å². The Kier molecular flexibility index (Phi) is 10.7. The summed E-state index contributed by atoms with van der Waals surface area (Å²) < 4.78 is 45.3. The molecule has 0 aliphatic rings. The minimum Gasteiger partial charge on any atom is -0.508 e. The molecule has 0 aliphatic heterocycles. The first-order chi connectivity index (χ1) is 21.5. The number of fused-ring (bicyclic) bond motifs is 1. The van der Waals surface area contributed by atoms with E-state index in [9.17, 15) is 28.2 Å². The van der Waals surface area contributed by atoms with E-state index in [0.717, 1.165) is 40.6 Å². The predicted molar refractivity (Wildman–Crippen MR) is 177 cm³/mol. The van der Waals surface area contributed by atoms with Gasteiger partial charge in [0.15, 0.2) is 8.32 Å². The molecular weight excluding hydrogens is 611 g/mol. The van der Waals surface area contributed by atoms with Gasteiger partial charge in [-0.25, -0.2) is 0 Å². The predicted octanol–water partition coefficient (Wildman–Crippen LogP) is 7.60. The number of halogens is 3. The first kappa shape index (κ1) is 35.2. The molecule has 0 fully saturated rings. The maximum Gasteiger partial charge on any atom is 0.416 e. The zero-order valence-electron chi connectivity index (χ0n) is 27.2. The number of aliphatic hydroxyl groups is 1. The number of amides is 1. The smallest absolute Gasteiger partial charge is 0.416 e. The lowest BCUT2D eigenvalue weighted by Crippen LogP contribution is -2.44. The van der Waals surface area contributed by atoms with Crippen LogP contribution >= 0.6 is 0 Å². The quantitative estimate of drug-likeness (QED) is 0.101. The summed E-state index contributed by atoms with van der Waals surface area (Å²) in [6, 6.07) is 17.8. The molecule has 4 aromatic rings. The van der Waals surface area contributed by atoms with Crippen LogP contribution in [-0.2, 0) is 30.2 Å². The van der Waals surface area contributed by atoms with Crippen molar-refractivity contribution in [2.45, 2.75) is 83.7 Å².